The summed E-state index contributed by atoms with van der Waals surface area (Å²) in [6.45, 7) is 6.81. The molecule has 17 heavy (non-hydrogen) atoms. The molecular formula is C15H24ClN. The first-order chi connectivity index (χ1) is 8.24. The highest BCUT2D eigenvalue weighted by Crippen LogP contribution is 2.06. The topological polar surface area (TPSA) is 3.24 Å². The van der Waals surface area contributed by atoms with Crippen LogP contribution in [0.25, 0.3) is 0 Å². The van der Waals surface area contributed by atoms with Crippen molar-refractivity contribution in [3.8, 4) is 0 Å². The summed E-state index contributed by atoms with van der Waals surface area (Å²) in [4.78, 5) is 2.52. The quantitative estimate of drug-likeness (QED) is 0.634. The molecule has 0 spiro atoms. The second kappa shape index (κ2) is 8.54. The number of nitrogens with zero attached hydrogens (tertiary/aromatic N) is 1. The van der Waals surface area contributed by atoms with E-state index in [1.165, 1.54) is 24.9 Å². The van der Waals surface area contributed by atoms with E-state index < -0.39 is 0 Å². The van der Waals surface area contributed by atoms with Crippen LogP contribution in [0.3, 0.4) is 0 Å². The molecule has 0 heterocycles. The Bertz CT molecular complexity index is 284. The molecule has 96 valence electrons. The molecule has 1 aromatic carbocycles. The van der Waals surface area contributed by atoms with Crippen molar-refractivity contribution in [1.82, 2.24) is 4.90 Å². The molecule has 0 aliphatic carbocycles. The third-order valence-electron chi connectivity index (χ3n) is 3.06. The number of benzene rings is 1. The van der Waals surface area contributed by atoms with Crippen LogP contribution in [0, 0.1) is 0 Å². The highest BCUT2D eigenvalue weighted by molar-refractivity contribution is 6.17. The second-order valence-corrected chi connectivity index (χ2v) is 5.14. The molecule has 0 saturated heterocycles. The van der Waals surface area contributed by atoms with Crippen molar-refractivity contribution in [3.05, 3.63) is 35.9 Å². The Morgan fingerprint density at radius 2 is 1.71 bits per heavy atom. The van der Waals surface area contributed by atoms with Crippen molar-refractivity contribution < 1.29 is 0 Å². The smallest absolute Gasteiger partial charge is 0.0235 e. The Balaban J connectivity index is 2.27. The van der Waals surface area contributed by atoms with Gasteiger partial charge in [0.1, 0.15) is 0 Å². The molecule has 0 saturated carbocycles. The SMILES string of the molecule is CC(C)N(CCCCl)CCCc1ccccc1. The Labute approximate surface area is 111 Å². The van der Waals surface area contributed by atoms with Gasteiger partial charge in [0.15, 0.2) is 0 Å². The molecule has 0 N–H and O–H groups in total. The maximum Gasteiger partial charge on any atom is 0.0235 e. The van der Waals surface area contributed by atoms with Crippen molar-refractivity contribution in [2.75, 3.05) is 19.0 Å². The third-order valence-corrected chi connectivity index (χ3v) is 3.33. The van der Waals surface area contributed by atoms with Crippen molar-refractivity contribution >= 4 is 11.6 Å². The molecule has 0 radical (unpaired) electrons. The summed E-state index contributed by atoms with van der Waals surface area (Å²) in [6.07, 6.45) is 3.49. The van der Waals surface area contributed by atoms with Crippen LogP contribution in [0.15, 0.2) is 30.3 Å². The van der Waals surface area contributed by atoms with E-state index in [0.29, 0.717) is 6.04 Å². The zero-order valence-electron chi connectivity index (χ0n) is 11.0. The van der Waals surface area contributed by atoms with Crippen LogP contribution in [-0.2, 0) is 6.42 Å². The van der Waals surface area contributed by atoms with E-state index in [2.05, 4.69) is 49.1 Å². The summed E-state index contributed by atoms with van der Waals surface area (Å²) in [5.74, 6) is 0.766. The molecule has 0 aromatic heterocycles. The van der Waals surface area contributed by atoms with E-state index in [9.17, 15) is 0 Å². The van der Waals surface area contributed by atoms with Crippen molar-refractivity contribution in [1.29, 1.82) is 0 Å². The predicted molar refractivity (Wildman–Crippen MR) is 76.8 cm³/mol. The normalized spacial score (nSPS) is 11.4. The second-order valence-electron chi connectivity index (χ2n) is 4.76. The maximum atomic E-state index is 5.75. The van der Waals surface area contributed by atoms with Crippen LogP contribution in [0.2, 0.25) is 0 Å². The largest absolute Gasteiger partial charge is 0.301 e. The predicted octanol–water partition coefficient (Wildman–Crippen LogP) is 3.96. The van der Waals surface area contributed by atoms with E-state index in [4.69, 9.17) is 11.6 Å². The lowest BCUT2D eigenvalue weighted by atomic mass is 10.1. The minimum atomic E-state index is 0.619. The van der Waals surface area contributed by atoms with Gasteiger partial charge in [0.25, 0.3) is 0 Å². The summed E-state index contributed by atoms with van der Waals surface area (Å²) >= 11 is 5.75. The number of rotatable bonds is 8. The van der Waals surface area contributed by atoms with E-state index in [1.807, 2.05) is 0 Å². The number of halogens is 1. The molecule has 0 bridgehead atoms. The summed E-state index contributed by atoms with van der Waals surface area (Å²) < 4.78 is 0. The summed E-state index contributed by atoms with van der Waals surface area (Å²) in [5, 5.41) is 0. The molecule has 1 aromatic rings. The zero-order chi connectivity index (χ0) is 12.5. The Morgan fingerprint density at radius 3 is 2.29 bits per heavy atom. The van der Waals surface area contributed by atoms with E-state index in [-0.39, 0.29) is 0 Å². The molecule has 0 aliphatic rings. The maximum absolute atomic E-state index is 5.75. The highest BCUT2D eigenvalue weighted by atomic mass is 35.5. The Hall–Kier alpha value is -0.530. The van der Waals surface area contributed by atoms with Gasteiger partial charge in [0.2, 0.25) is 0 Å². The van der Waals surface area contributed by atoms with E-state index in [1.54, 1.807) is 0 Å². The molecule has 0 unspecified atom stereocenters. The van der Waals surface area contributed by atoms with Gasteiger partial charge in [-0.15, -0.1) is 11.6 Å². The van der Waals surface area contributed by atoms with Crippen LogP contribution in [0.1, 0.15) is 32.3 Å². The average molecular weight is 254 g/mol. The molecule has 1 nitrogen and oxygen atoms in total. The first-order valence-electron chi connectivity index (χ1n) is 6.58. The summed E-state index contributed by atoms with van der Waals surface area (Å²) in [7, 11) is 0. The molecule has 0 fully saturated rings. The first kappa shape index (κ1) is 14.5. The van der Waals surface area contributed by atoms with Crippen molar-refractivity contribution in [2.24, 2.45) is 0 Å². The zero-order valence-corrected chi connectivity index (χ0v) is 11.8. The molecule has 2 heteroatoms. The minimum absolute atomic E-state index is 0.619. The van der Waals surface area contributed by atoms with Gasteiger partial charge in [-0.2, -0.15) is 0 Å². The van der Waals surface area contributed by atoms with Gasteiger partial charge >= 0.3 is 0 Å². The third kappa shape index (κ3) is 6.09. The Kier molecular flexibility index (Phi) is 7.30. The fourth-order valence-electron chi connectivity index (χ4n) is 2.02. The van der Waals surface area contributed by atoms with Crippen molar-refractivity contribution in [3.63, 3.8) is 0 Å². The van der Waals surface area contributed by atoms with Gasteiger partial charge in [0, 0.05) is 11.9 Å². The number of hydrogen-bond donors (Lipinski definition) is 0. The lowest BCUT2D eigenvalue weighted by molar-refractivity contribution is 0.220. The van der Waals surface area contributed by atoms with Gasteiger partial charge < -0.3 is 4.90 Å². The fraction of sp³-hybridized carbons (Fsp3) is 0.600. The van der Waals surface area contributed by atoms with Crippen LogP contribution < -0.4 is 0 Å². The van der Waals surface area contributed by atoms with Gasteiger partial charge in [-0.25, -0.2) is 0 Å². The molecular weight excluding hydrogens is 230 g/mol. The monoisotopic (exact) mass is 253 g/mol. The van der Waals surface area contributed by atoms with Crippen LogP contribution in [0.5, 0.6) is 0 Å². The number of hydrogen-bond acceptors (Lipinski definition) is 1. The van der Waals surface area contributed by atoms with Gasteiger partial charge in [-0.05, 0) is 51.8 Å². The standard InChI is InChI=1S/C15H24ClN/c1-14(2)17(13-7-11-16)12-6-10-15-8-4-3-5-9-15/h3-5,8-9,14H,6-7,10-13H2,1-2H3. The van der Waals surface area contributed by atoms with E-state index in [0.717, 1.165) is 18.8 Å². The first-order valence-corrected chi connectivity index (χ1v) is 7.11. The Morgan fingerprint density at radius 1 is 1.06 bits per heavy atom. The van der Waals surface area contributed by atoms with Gasteiger partial charge in [-0.1, -0.05) is 30.3 Å². The fourth-order valence-corrected chi connectivity index (χ4v) is 2.14. The number of alkyl halides is 1. The summed E-state index contributed by atoms with van der Waals surface area (Å²) in [5.41, 5.74) is 1.44. The molecule has 0 amide bonds. The van der Waals surface area contributed by atoms with Crippen molar-refractivity contribution in [2.45, 2.75) is 39.2 Å². The summed E-state index contributed by atoms with van der Waals surface area (Å²) in [6, 6.07) is 11.3. The van der Waals surface area contributed by atoms with Crippen LogP contribution in [-0.4, -0.2) is 29.9 Å². The van der Waals surface area contributed by atoms with Crippen LogP contribution in [0.4, 0.5) is 0 Å². The molecule has 0 atom stereocenters. The van der Waals surface area contributed by atoms with E-state index >= 15 is 0 Å². The average Bonchev–Trinajstić information content (AvgIpc) is 2.34. The van der Waals surface area contributed by atoms with Crippen LogP contribution >= 0.6 is 11.6 Å². The minimum Gasteiger partial charge on any atom is -0.301 e. The highest BCUT2D eigenvalue weighted by Gasteiger charge is 2.08. The molecule has 0 aliphatic heterocycles. The lowest BCUT2D eigenvalue weighted by Gasteiger charge is -2.26. The lowest BCUT2D eigenvalue weighted by Crippen LogP contribution is -2.33. The molecule has 1 rings (SSSR count). The van der Waals surface area contributed by atoms with Gasteiger partial charge in [0.05, 0.1) is 0 Å². The number of aryl methyl sites for hydroxylation is 1. The van der Waals surface area contributed by atoms with Gasteiger partial charge in [-0.3, -0.25) is 0 Å².